The Labute approximate surface area is 167 Å². The quantitative estimate of drug-likeness (QED) is 0.699. The number of carbonyl (C=O) groups is 1. The molecule has 1 heterocycles. The zero-order chi connectivity index (χ0) is 20.3. The molecule has 0 unspecified atom stereocenters. The Hall–Kier alpha value is -1.99. The predicted molar refractivity (Wildman–Crippen MR) is 105 cm³/mol. The van der Waals surface area contributed by atoms with E-state index in [0.717, 1.165) is 17.4 Å². The molecular weight excluding hydrogens is 385 g/mol. The normalized spacial score (nSPS) is 17.0. The first kappa shape index (κ1) is 20.7. The van der Waals surface area contributed by atoms with E-state index >= 15 is 0 Å². The zero-order valence-electron chi connectivity index (χ0n) is 15.9. The molecule has 1 saturated heterocycles. The first-order chi connectivity index (χ1) is 13.3. The largest absolute Gasteiger partial charge is 0.325 e. The van der Waals surface area contributed by atoms with Gasteiger partial charge in [-0.05, 0) is 49.2 Å². The molecule has 1 aliphatic heterocycles. The van der Waals surface area contributed by atoms with Gasteiger partial charge >= 0.3 is 0 Å². The van der Waals surface area contributed by atoms with Crippen LogP contribution in [0.3, 0.4) is 0 Å². The maximum absolute atomic E-state index is 13.5. The van der Waals surface area contributed by atoms with Gasteiger partial charge in [0.05, 0.1) is 6.54 Å². The van der Waals surface area contributed by atoms with Crippen molar-refractivity contribution in [2.45, 2.75) is 31.8 Å². The van der Waals surface area contributed by atoms with Gasteiger partial charge in [-0.15, -0.1) is 11.8 Å². The fourth-order valence-electron chi connectivity index (χ4n) is 3.19. The van der Waals surface area contributed by atoms with Crippen molar-refractivity contribution in [1.82, 2.24) is 9.80 Å². The van der Waals surface area contributed by atoms with Crippen molar-refractivity contribution in [2.24, 2.45) is 0 Å². The lowest BCUT2D eigenvalue weighted by molar-refractivity contribution is -0.133. The van der Waals surface area contributed by atoms with Crippen LogP contribution in [0.1, 0.15) is 30.3 Å². The number of rotatable bonds is 6. The van der Waals surface area contributed by atoms with E-state index in [9.17, 15) is 18.0 Å². The molecular formula is C21H23F3N2OS. The van der Waals surface area contributed by atoms with Crippen LogP contribution in [-0.2, 0) is 11.3 Å². The Kier molecular flexibility index (Phi) is 6.67. The number of benzene rings is 2. The lowest BCUT2D eigenvalue weighted by atomic mass is 10.1. The third-order valence-electron chi connectivity index (χ3n) is 4.80. The van der Waals surface area contributed by atoms with E-state index in [1.807, 2.05) is 18.7 Å². The molecule has 7 heteroatoms. The van der Waals surface area contributed by atoms with Crippen LogP contribution in [0, 0.1) is 17.5 Å². The van der Waals surface area contributed by atoms with E-state index in [4.69, 9.17) is 0 Å². The van der Waals surface area contributed by atoms with Crippen molar-refractivity contribution >= 4 is 17.7 Å². The van der Waals surface area contributed by atoms with Crippen LogP contribution in [0.2, 0.25) is 0 Å². The highest BCUT2D eigenvalue weighted by Gasteiger charge is 2.31. The van der Waals surface area contributed by atoms with Gasteiger partial charge in [0.2, 0.25) is 5.91 Å². The minimum absolute atomic E-state index is 0.0318. The number of carbonyl (C=O) groups excluding carboxylic acids is 1. The molecule has 3 rings (SSSR count). The minimum Gasteiger partial charge on any atom is -0.325 e. The second-order valence-corrected chi connectivity index (χ2v) is 8.30. The van der Waals surface area contributed by atoms with Crippen molar-refractivity contribution in [3.63, 3.8) is 0 Å². The summed E-state index contributed by atoms with van der Waals surface area (Å²) in [6.45, 7) is 5.08. The number of hydrogen-bond donors (Lipinski definition) is 0. The molecule has 0 aromatic heterocycles. The summed E-state index contributed by atoms with van der Waals surface area (Å²) in [7, 11) is 0. The number of halogens is 3. The van der Waals surface area contributed by atoms with Gasteiger partial charge in [-0.3, -0.25) is 9.69 Å². The van der Waals surface area contributed by atoms with Crippen LogP contribution >= 0.6 is 11.8 Å². The Bertz CT molecular complexity index is 829. The number of hydrogen-bond acceptors (Lipinski definition) is 3. The first-order valence-corrected chi connectivity index (χ1v) is 10.2. The van der Waals surface area contributed by atoms with Gasteiger partial charge in [-0.25, -0.2) is 13.2 Å². The fraction of sp³-hybridized carbons (Fsp3) is 0.381. The summed E-state index contributed by atoms with van der Waals surface area (Å²) >= 11 is 1.65. The van der Waals surface area contributed by atoms with E-state index in [1.165, 1.54) is 24.3 Å². The highest BCUT2D eigenvalue weighted by atomic mass is 32.2. The van der Waals surface area contributed by atoms with Crippen molar-refractivity contribution in [2.75, 3.05) is 18.8 Å². The summed E-state index contributed by atoms with van der Waals surface area (Å²) in [5.74, 6) is -1.29. The Morgan fingerprint density at radius 3 is 2.50 bits per heavy atom. The van der Waals surface area contributed by atoms with Crippen LogP contribution in [0.4, 0.5) is 13.2 Å². The lowest BCUT2D eigenvalue weighted by Gasteiger charge is -2.30. The Balaban J connectivity index is 1.70. The standard InChI is InChI=1S/C21H23F3N2OS/c1-14(2)25(12-15-3-8-18(23)19(24)11-15)13-20(27)26-9-10-28-21(26)16-4-6-17(22)7-5-16/h3-8,11,14,21H,9-10,12-13H2,1-2H3/t21-/m1/s1. The van der Waals surface area contributed by atoms with Gasteiger partial charge in [0.15, 0.2) is 11.6 Å². The molecule has 0 spiro atoms. The molecule has 1 atom stereocenters. The van der Waals surface area contributed by atoms with Crippen LogP contribution in [0.15, 0.2) is 42.5 Å². The molecule has 2 aromatic carbocycles. The predicted octanol–water partition coefficient (Wildman–Crippen LogP) is 4.59. The molecule has 0 N–H and O–H groups in total. The van der Waals surface area contributed by atoms with E-state index < -0.39 is 11.6 Å². The van der Waals surface area contributed by atoms with Crippen molar-refractivity contribution < 1.29 is 18.0 Å². The average molecular weight is 408 g/mol. The topological polar surface area (TPSA) is 23.6 Å². The third-order valence-corrected chi connectivity index (χ3v) is 6.07. The zero-order valence-corrected chi connectivity index (χ0v) is 16.7. The molecule has 150 valence electrons. The molecule has 28 heavy (non-hydrogen) atoms. The maximum atomic E-state index is 13.5. The van der Waals surface area contributed by atoms with Crippen molar-refractivity contribution in [3.05, 3.63) is 71.0 Å². The highest BCUT2D eigenvalue weighted by molar-refractivity contribution is 7.99. The summed E-state index contributed by atoms with van der Waals surface area (Å²) in [5.41, 5.74) is 1.51. The van der Waals surface area contributed by atoms with E-state index in [-0.39, 0.29) is 29.7 Å². The van der Waals surface area contributed by atoms with Gasteiger partial charge in [0, 0.05) is 24.9 Å². The molecule has 1 fully saturated rings. The molecule has 0 radical (unpaired) electrons. The van der Waals surface area contributed by atoms with Gasteiger partial charge in [-0.1, -0.05) is 18.2 Å². The summed E-state index contributed by atoms with van der Waals surface area (Å²) in [6, 6.07) is 10.1. The summed E-state index contributed by atoms with van der Waals surface area (Å²) in [4.78, 5) is 16.7. The van der Waals surface area contributed by atoms with Crippen LogP contribution in [-0.4, -0.2) is 40.6 Å². The summed E-state index contributed by atoms with van der Waals surface area (Å²) in [5, 5.41) is -0.134. The Morgan fingerprint density at radius 2 is 1.86 bits per heavy atom. The Morgan fingerprint density at radius 1 is 1.14 bits per heavy atom. The molecule has 0 saturated carbocycles. The van der Waals surface area contributed by atoms with Crippen molar-refractivity contribution in [1.29, 1.82) is 0 Å². The number of nitrogens with zero attached hydrogens (tertiary/aromatic N) is 2. The summed E-state index contributed by atoms with van der Waals surface area (Å²) in [6.07, 6.45) is 0. The summed E-state index contributed by atoms with van der Waals surface area (Å²) < 4.78 is 39.9. The molecule has 0 bridgehead atoms. The number of thioether (sulfide) groups is 1. The highest BCUT2D eigenvalue weighted by Crippen LogP contribution is 2.38. The van der Waals surface area contributed by atoms with Gasteiger partial charge < -0.3 is 4.90 Å². The third kappa shape index (κ3) is 4.89. The molecule has 3 nitrogen and oxygen atoms in total. The SMILES string of the molecule is CC(C)N(CC(=O)N1CCS[C@@H]1c1ccc(F)cc1)Cc1ccc(F)c(F)c1. The molecule has 2 aromatic rings. The minimum atomic E-state index is -0.889. The van der Waals surface area contributed by atoms with Crippen molar-refractivity contribution in [3.8, 4) is 0 Å². The van der Waals surface area contributed by atoms with Gasteiger partial charge in [-0.2, -0.15) is 0 Å². The van der Waals surface area contributed by atoms with Gasteiger partial charge in [0.25, 0.3) is 0 Å². The van der Waals surface area contributed by atoms with Crippen LogP contribution in [0.25, 0.3) is 0 Å². The monoisotopic (exact) mass is 408 g/mol. The van der Waals surface area contributed by atoms with Crippen LogP contribution < -0.4 is 0 Å². The fourth-order valence-corrected chi connectivity index (χ4v) is 4.46. The first-order valence-electron chi connectivity index (χ1n) is 9.19. The number of amides is 1. The van der Waals surface area contributed by atoms with E-state index in [2.05, 4.69) is 0 Å². The van der Waals surface area contributed by atoms with E-state index in [0.29, 0.717) is 18.7 Å². The molecule has 0 aliphatic carbocycles. The lowest BCUT2D eigenvalue weighted by Crippen LogP contribution is -2.42. The molecule has 1 amide bonds. The second kappa shape index (κ2) is 9.01. The smallest absolute Gasteiger partial charge is 0.237 e. The van der Waals surface area contributed by atoms with Crippen LogP contribution in [0.5, 0.6) is 0 Å². The maximum Gasteiger partial charge on any atom is 0.237 e. The van der Waals surface area contributed by atoms with Gasteiger partial charge in [0.1, 0.15) is 11.2 Å². The average Bonchev–Trinajstić information content (AvgIpc) is 3.14. The molecule has 1 aliphatic rings. The second-order valence-electron chi connectivity index (χ2n) is 7.11. The van der Waals surface area contributed by atoms with E-state index in [1.54, 1.807) is 28.8 Å².